The zero-order valence-electron chi connectivity index (χ0n) is 10.6. The number of hydrogen-bond acceptors (Lipinski definition) is 4. The molecule has 2 aromatic carbocycles. The normalized spacial score (nSPS) is 10.2. The van der Waals surface area contributed by atoms with E-state index in [0.717, 1.165) is 0 Å². The molecule has 0 radical (unpaired) electrons. The molecule has 0 amide bonds. The first-order valence-corrected chi connectivity index (χ1v) is 6.47. The second-order valence-electron chi connectivity index (χ2n) is 4.04. The molecule has 0 unspecified atom stereocenters. The van der Waals surface area contributed by atoms with E-state index in [1.54, 1.807) is 36.4 Å². The molecule has 2 rings (SSSR count). The van der Waals surface area contributed by atoms with E-state index in [1.165, 1.54) is 7.11 Å². The Kier molecular flexibility index (Phi) is 4.37. The smallest absolute Gasteiger partial charge is 0.340 e. The summed E-state index contributed by atoms with van der Waals surface area (Å²) >= 11 is 11.9. The van der Waals surface area contributed by atoms with Gasteiger partial charge in [0.1, 0.15) is 0 Å². The molecule has 104 valence electrons. The van der Waals surface area contributed by atoms with Gasteiger partial charge in [-0.3, -0.25) is 0 Å². The van der Waals surface area contributed by atoms with Crippen molar-refractivity contribution in [2.45, 2.75) is 0 Å². The largest absolute Gasteiger partial charge is 0.465 e. The number of para-hydroxylation sites is 1. The number of rotatable bonds is 3. The van der Waals surface area contributed by atoms with Crippen LogP contribution in [0, 0.1) is 0 Å². The maximum absolute atomic E-state index is 11.7. The van der Waals surface area contributed by atoms with Crippen molar-refractivity contribution in [3.63, 3.8) is 0 Å². The van der Waals surface area contributed by atoms with Crippen LogP contribution in [-0.4, -0.2) is 13.1 Å². The third-order valence-electron chi connectivity index (χ3n) is 2.63. The number of nitrogens with one attached hydrogen (secondary N) is 1. The Labute approximate surface area is 126 Å². The molecular formula is C14H12Cl2N2O2. The average molecular weight is 311 g/mol. The van der Waals surface area contributed by atoms with Crippen molar-refractivity contribution in [1.29, 1.82) is 0 Å². The Morgan fingerprint density at radius 2 is 1.85 bits per heavy atom. The van der Waals surface area contributed by atoms with Gasteiger partial charge in [-0.05, 0) is 30.3 Å². The van der Waals surface area contributed by atoms with Crippen molar-refractivity contribution in [1.82, 2.24) is 0 Å². The highest BCUT2D eigenvalue weighted by molar-refractivity contribution is 6.35. The quantitative estimate of drug-likeness (QED) is 0.661. The van der Waals surface area contributed by atoms with Gasteiger partial charge in [0, 0.05) is 15.7 Å². The first kappa shape index (κ1) is 14.5. The van der Waals surface area contributed by atoms with Crippen LogP contribution < -0.4 is 11.1 Å². The summed E-state index contributed by atoms with van der Waals surface area (Å²) in [6.07, 6.45) is 0. The number of hydrogen-bond donors (Lipinski definition) is 2. The van der Waals surface area contributed by atoms with E-state index in [9.17, 15) is 4.79 Å². The van der Waals surface area contributed by atoms with Gasteiger partial charge in [-0.15, -0.1) is 0 Å². The molecule has 0 aliphatic heterocycles. The second kappa shape index (κ2) is 6.03. The van der Waals surface area contributed by atoms with Gasteiger partial charge in [0.2, 0.25) is 0 Å². The number of nitrogens with two attached hydrogens (primary N) is 1. The molecule has 20 heavy (non-hydrogen) atoms. The Morgan fingerprint density at radius 1 is 1.20 bits per heavy atom. The lowest BCUT2D eigenvalue weighted by Crippen LogP contribution is -2.07. The van der Waals surface area contributed by atoms with Crippen molar-refractivity contribution in [3.05, 3.63) is 52.0 Å². The molecular weight excluding hydrogens is 299 g/mol. The van der Waals surface area contributed by atoms with Gasteiger partial charge >= 0.3 is 5.97 Å². The number of esters is 1. The summed E-state index contributed by atoms with van der Waals surface area (Å²) in [7, 11) is 1.31. The van der Waals surface area contributed by atoms with Gasteiger partial charge in [0.05, 0.1) is 24.0 Å². The van der Waals surface area contributed by atoms with E-state index in [-0.39, 0.29) is 0 Å². The molecule has 0 saturated carbocycles. The molecule has 0 atom stereocenters. The lowest BCUT2D eigenvalue weighted by Gasteiger charge is -2.13. The molecule has 0 fully saturated rings. The summed E-state index contributed by atoms with van der Waals surface area (Å²) in [4.78, 5) is 11.7. The van der Waals surface area contributed by atoms with E-state index >= 15 is 0 Å². The highest BCUT2D eigenvalue weighted by Crippen LogP contribution is 2.30. The SMILES string of the molecule is COC(=O)c1cccc(N)c1Nc1cc(Cl)cc(Cl)c1. The number of carbonyl (C=O) groups excluding carboxylic acids is 1. The standard InChI is InChI=1S/C14H12Cl2N2O2/c1-20-14(19)11-3-2-4-12(17)13(11)18-10-6-8(15)5-9(16)7-10/h2-7,18H,17H2,1H3. The summed E-state index contributed by atoms with van der Waals surface area (Å²) in [6.45, 7) is 0. The first-order chi connectivity index (χ1) is 9.51. The minimum Gasteiger partial charge on any atom is -0.465 e. The molecule has 0 saturated heterocycles. The molecule has 4 nitrogen and oxygen atoms in total. The average Bonchev–Trinajstić information content (AvgIpc) is 2.39. The maximum Gasteiger partial charge on any atom is 0.340 e. The van der Waals surface area contributed by atoms with Gasteiger partial charge in [-0.1, -0.05) is 29.3 Å². The van der Waals surface area contributed by atoms with Crippen LogP contribution in [0.3, 0.4) is 0 Å². The first-order valence-electron chi connectivity index (χ1n) is 5.71. The predicted molar refractivity (Wildman–Crippen MR) is 81.9 cm³/mol. The maximum atomic E-state index is 11.7. The number of benzene rings is 2. The minimum absolute atomic E-state index is 0.337. The summed E-state index contributed by atoms with van der Waals surface area (Å²) < 4.78 is 4.73. The number of carbonyl (C=O) groups is 1. The third kappa shape index (κ3) is 3.15. The Bertz CT molecular complexity index is 639. The van der Waals surface area contributed by atoms with Crippen molar-refractivity contribution >= 4 is 46.2 Å². The van der Waals surface area contributed by atoms with E-state index in [4.69, 9.17) is 33.7 Å². The molecule has 0 spiro atoms. The molecule has 0 bridgehead atoms. The van der Waals surface area contributed by atoms with Gasteiger partial charge in [-0.25, -0.2) is 4.79 Å². The number of ether oxygens (including phenoxy) is 1. The molecule has 2 aromatic rings. The number of halogens is 2. The van der Waals surface area contributed by atoms with Crippen LogP contribution in [0.4, 0.5) is 17.1 Å². The van der Waals surface area contributed by atoms with Crippen LogP contribution in [0.15, 0.2) is 36.4 Å². The Morgan fingerprint density at radius 3 is 2.45 bits per heavy atom. The highest BCUT2D eigenvalue weighted by Gasteiger charge is 2.14. The number of nitrogen functional groups attached to an aromatic ring is 1. The lowest BCUT2D eigenvalue weighted by molar-refractivity contribution is 0.0602. The van der Waals surface area contributed by atoms with Crippen LogP contribution in [0.5, 0.6) is 0 Å². The van der Waals surface area contributed by atoms with E-state index in [2.05, 4.69) is 5.32 Å². The number of anilines is 3. The van der Waals surface area contributed by atoms with Crippen molar-refractivity contribution < 1.29 is 9.53 Å². The fraction of sp³-hybridized carbons (Fsp3) is 0.0714. The van der Waals surface area contributed by atoms with Gasteiger partial charge < -0.3 is 15.8 Å². The zero-order valence-corrected chi connectivity index (χ0v) is 12.1. The Balaban J connectivity index is 2.44. The Hall–Kier alpha value is -1.91. The molecule has 6 heteroatoms. The van der Waals surface area contributed by atoms with Crippen LogP contribution in [0.25, 0.3) is 0 Å². The molecule has 0 aliphatic rings. The van der Waals surface area contributed by atoms with Gasteiger partial charge in [0.25, 0.3) is 0 Å². The topological polar surface area (TPSA) is 64.3 Å². The monoisotopic (exact) mass is 310 g/mol. The molecule has 0 heterocycles. The fourth-order valence-corrected chi connectivity index (χ4v) is 2.29. The summed E-state index contributed by atoms with van der Waals surface area (Å²) in [5.74, 6) is -0.479. The number of methoxy groups -OCH3 is 1. The summed E-state index contributed by atoms with van der Waals surface area (Å²) in [5.41, 5.74) is 7.74. The van der Waals surface area contributed by atoms with Crippen LogP contribution >= 0.6 is 23.2 Å². The lowest BCUT2D eigenvalue weighted by atomic mass is 10.1. The molecule has 3 N–H and O–H groups in total. The fourth-order valence-electron chi connectivity index (χ4n) is 1.76. The van der Waals surface area contributed by atoms with Crippen molar-refractivity contribution in [3.8, 4) is 0 Å². The molecule has 0 aromatic heterocycles. The minimum atomic E-state index is -0.479. The third-order valence-corrected chi connectivity index (χ3v) is 3.07. The highest BCUT2D eigenvalue weighted by atomic mass is 35.5. The van der Waals surface area contributed by atoms with E-state index in [1.807, 2.05) is 0 Å². The molecule has 0 aliphatic carbocycles. The zero-order chi connectivity index (χ0) is 14.7. The summed E-state index contributed by atoms with van der Waals surface area (Å²) in [6, 6.07) is 9.96. The predicted octanol–water partition coefficient (Wildman–Crippen LogP) is 4.11. The van der Waals surface area contributed by atoms with E-state index < -0.39 is 5.97 Å². The summed E-state index contributed by atoms with van der Waals surface area (Å²) in [5, 5.41) is 4.00. The van der Waals surface area contributed by atoms with Crippen molar-refractivity contribution in [2.75, 3.05) is 18.2 Å². The van der Waals surface area contributed by atoms with Crippen molar-refractivity contribution in [2.24, 2.45) is 0 Å². The van der Waals surface area contributed by atoms with Crippen LogP contribution in [-0.2, 0) is 4.74 Å². The second-order valence-corrected chi connectivity index (χ2v) is 4.92. The van der Waals surface area contributed by atoms with Crippen LogP contribution in [0.2, 0.25) is 10.0 Å². The van der Waals surface area contributed by atoms with E-state index in [0.29, 0.717) is 32.7 Å². The van der Waals surface area contributed by atoms with Gasteiger partial charge in [0.15, 0.2) is 0 Å². The van der Waals surface area contributed by atoms with Gasteiger partial charge in [-0.2, -0.15) is 0 Å². The van der Waals surface area contributed by atoms with Crippen LogP contribution in [0.1, 0.15) is 10.4 Å².